The molecular weight excluding hydrogens is 762 g/mol. The number of carbonyl (C=O) groups is 2. The highest BCUT2D eigenvalue weighted by atomic mass is 79.9. The Bertz CT molecular complexity index is 2250. The number of methoxy groups -OCH3 is 2. The van der Waals surface area contributed by atoms with Crippen molar-refractivity contribution < 1.29 is 42.9 Å². The second-order valence-electron chi connectivity index (χ2n) is 11.1. The summed E-state index contributed by atoms with van der Waals surface area (Å²) in [4.78, 5) is 55.1. The van der Waals surface area contributed by atoms with Crippen LogP contribution in [0.25, 0.3) is 6.08 Å². The van der Waals surface area contributed by atoms with E-state index in [9.17, 15) is 24.5 Å². The number of halogens is 1. The summed E-state index contributed by atoms with van der Waals surface area (Å²) < 4.78 is 35.4. The molecule has 272 valence electrons. The first-order valence-corrected chi connectivity index (χ1v) is 17.5. The fourth-order valence-electron chi connectivity index (χ4n) is 5.41. The number of thiazole rings is 1. The second kappa shape index (κ2) is 16.7. The summed E-state index contributed by atoms with van der Waals surface area (Å²) in [5.41, 5.74) is 1.82. The molecule has 1 aliphatic heterocycles. The van der Waals surface area contributed by atoms with Crippen molar-refractivity contribution in [3.05, 3.63) is 117 Å². The number of nitrogens with zero attached hydrogens (tertiary/aromatic N) is 3. The predicted molar refractivity (Wildman–Crippen MR) is 194 cm³/mol. The van der Waals surface area contributed by atoms with E-state index >= 15 is 0 Å². The van der Waals surface area contributed by atoms with E-state index in [0.29, 0.717) is 53.4 Å². The van der Waals surface area contributed by atoms with Crippen molar-refractivity contribution in [1.82, 2.24) is 4.57 Å². The second-order valence-corrected chi connectivity index (χ2v) is 12.9. The first kappa shape index (κ1) is 37.8. The molecule has 0 amide bonds. The first-order valence-electron chi connectivity index (χ1n) is 15.9. The standard InChI is InChI=1S/C36H34BrN3O11S/c1-6-48-27-17-23(11-12-26(27)50-19-30(41)47-5)32-31(35(43)49-7-2)20(3)38-36-39(32)34(42)29(52-36)16-22-14-25(37)33(28(15-22)46-4)51-18-21-9-8-10-24(13-21)40(44)45/h8-17,32H,6-7,18-19H2,1-5H3/b29-16-/t32-/m0/s1. The molecule has 1 aromatic heterocycles. The van der Waals surface area contributed by atoms with Gasteiger partial charge in [-0.1, -0.05) is 29.5 Å². The van der Waals surface area contributed by atoms with Crippen LogP contribution in [0.5, 0.6) is 23.0 Å². The minimum Gasteiger partial charge on any atom is -0.493 e. The number of non-ortho nitro benzene ring substituents is 1. The van der Waals surface area contributed by atoms with Gasteiger partial charge in [-0.15, -0.1) is 0 Å². The maximum absolute atomic E-state index is 14.2. The lowest BCUT2D eigenvalue weighted by molar-refractivity contribution is -0.384. The number of esters is 2. The Morgan fingerprint density at radius 3 is 2.50 bits per heavy atom. The lowest BCUT2D eigenvalue weighted by Crippen LogP contribution is -2.40. The molecule has 0 saturated carbocycles. The zero-order chi connectivity index (χ0) is 37.5. The van der Waals surface area contributed by atoms with Crippen LogP contribution >= 0.6 is 27.3 Å². The van der Waals surface area contributed by atoms with Gasteiger partial charge in [-0.25, -0.2) is 14.6 Å². The van der Waals surface area contributed by atoms with Crippen LogP contribution < -0.4 is 33.8 Å². The summed E-state index contributed by atoms with van der Waals surface area (Å²) in [6.07, 6.45) is 1.68. The molecule has 0 aliphatic carbocycles. The van der Waals surface area contributed by atoms with Gasteiger partial charge >= 0.3 is 11.9 Å². The van der Waals surface area contributed by atoms with E-state index in [4.69, 9.17) is 23.7 Å². The molecule has 4 aromatic rings. The van der Waals surface area contributed by atoms with Crippen molar-refractivity contribution in [2.75, 3.05) is 34.0 Å². The van der Waals surface area contributed by atoms with E-state index in [2.05, 4.69) is 25.7 Å². The summed E-state index contributed by atoms with van der Waals surface area (Å²) in [6.45, 7) is 5.25. The summed E-state index contributed by atoms with van der Waals surface area (Å²) in [5, 5.41) is 11.2. The van der Waals surface area contributed by atoms with Crippen molar-refractivity contribution in [3.63, 3.8) is 0 Å². The quantitative estimate of drug-likeness (QED) is 0.0957. The maximum Gasteiger partial charge on any atom is 0.343 e. The molecule has 1 aliphatic rings. The molecule has 16 heteroatoms. The highest BCUT2D eigenvalue weighted by molar-refractivity contribution is 9.10. The van der Waals surface area contributed by atoms with Gasteiger partial charge in [0.2, 0.25) is 0 Å². The van der Waals surface area contributed by atoms with Crippen molar-refractivity contribution >= 4 is 51.0 Å². The Labute approximate surface area is 309 Å². The topological polar surface area (TPSA) is 167 Å². The predicted octanol–water partition coefficient (Wildman–Crippen LogP) is 5.01. The maximum atomic E-state index is 14.2. The number of ether oxygens (including phenoxy) is 6. The average Bonchev–Trinajstić information content (AvgIpc) is 3.43. The minimum atomic E-state index is -0.933. The fraction of sp³-hybridized carbons (Fsp3) is 0.278. The van der Waals surface area contributed by atoms with E-state index < -0.39 is 28.5 Å². The molecule has 3 aromatic carbocycles. The molecule has 0 fully saturated rings. The number of allylic oxidation sites excluding steroid dienone is 1. The van der Waals surface area contributed by atoms with Gasteiger partial charge < -0.3 is 28.4 Å². The van der Waals surface area contributed by atoms with Crippen molar-refractivity contribution in [2.45, 2.75) is 33.4 Å². The lowest BCUT2D eigenvalue weighted by atomic mass is 9.95. The van der Waals surface area contributed by atoms with Crippen LogP contribution in [0.15, 0.2) is 80.1 Å². The average molecular weight is 797 g/mol. The van der Waals surface area contributed by atoms with E-state index in [1.165, 1.54) is 30.9 Å². The molecule has 2 heterocycles. The van der Waals surface area contributed by atoms with Gasteiger partial charge in [0.05, 0.1) is 58.7 Å². The molecule has 14 nitrogen and oxygen atoms in total. The molecule has 5 rings (SSSR count). The number of hydrogen-bond acceptors (Lipinski definition) is 13. The molecule has 0 N–H and O–H groups in total. The van der Waals surface area contributed by atoms with E-state index in [1.54, 1.807) is 69.3 Å². The van der Waals surface area contributed by atoms with Gasteiger partial charge in [0.15, 0.2) is 34.4 Å². The van der Waals surface area contributed by atoms with Crippen LogP contribution in [0.4, 0.5) is 5.69 Å². The Hall–Kier alpha value is -5.48. The molecule has 0 spiro atoms. The number of fused-ring (bicyclic) bond motifs is 1. The van der Waals surface area contributed by atoms with Crippen molar-refractivity contribution in [1.29, 1.82) is 0 Å². The molecule has 0 radical (unpaired) electrons. The van der Waals surface area contributed by atoms with Gasteiger partial charge in [0.1, 0.15) is 6.61 Å². The third-order valence-corrected chi connectivity index (χ3v) is 9.30. The van der Waals surface area contributed by atoms with Gasteiger partial charge in [0.25, 0.3) is 11.2 Å². The number of hydrogen-bond donors (Lipinski definition) is 0. The van der Waals surface area contributed by atoms with Crippen molar-refractivity contribution in [3.8, 4) is 23.0 Å². The third kappa shape index (κ3) is 8.18. The van der Waals surface area contributed by atoms with Crippen LogP contribution in [-0.2, 0) is 25.7 Å². The highest BCUT2D eigenvalue weighted by Gasteiger charge is 2.34. The Morgan fingerprint density at radius 1 is 1.02 bits per heavy atom. The number of benzene rings is 3. The molecule has 0 unspecified atom stereocenters. The summed E-state index contributed by atoms with van der Waals surface area (Å²) in [7, 11) is 2.73. The van der Waals surface area contributed by atoms with Crippen LogP contribution in [0, 0.1) is 10.1 Å². The Balaban J connectivity index is 1.57. The summed E-state index contributed by atoms with van der Waals surface area (Å²) >= 11 is 4.68. The van der Waals surface area contributed by atoms with E-state index in [1.807, 2.05) is 0 Å². The molecular formula is C36H34BrN3O11S. The monoisotopic (exact) mass is 795 g/mol. The van der Waals surface area contributed by atoms with Crippen molar-refractivity contribution in [2.24, 2.45) is 4.99 Å². The number of nitro groups is 1. The van der Waals surface area contributed by atoms with Gasteiger partial charge in [0, 0.05) is 12.1 Å². The smallest absolute Gasteiger partial charge is 0.343 e. The summed E-state index contributed by atoms with van der Waals surface area (Å²) in [6, 6.07) is 13.6. The number of rotatable bonds is 14. The molecule has 52 heavy (non-hydrogen) atoms. The van der Waals surface area contributed by atoms with Gasteiger partial charge in [-0.3, -0.25) is 19.5 Å². The number of nitro benzene ring substituents is 1. The van der Waals surface area contributed by atoms with Crippen LogP contribution in [0.1, 0.15) is 43.5 Å². The van der Waals surface area contributed by atoms with Crippen LogP contribution in [-0.4, -0.2) is 55.5 Å². The van der Waals surface area contributed by atoms with Gasteiger partial charge in [-0.2, -0.15) is 0 Å². The molecule has 1 atom stereocenters. The lowest BCUT2D eigenvalue weighted by Gasteiger charge is -2.25. The van der Waals surface area contributed by atoms with E-state index in [-0.39, 0.29) is 43.4 Å². The summed E-state index contributed by atoms with van der Waals surface area (Å²) in [5.74, 6) is 0.101. The third-order valence-electron chi connectivity index (χ3n) is 7.73. The van der Waals surface area contributed by atoms with Crippen LogP contribution in [0.2, 0.25) is 0 Å². The number of aromatic nitrogens is 1. The largest absolute Gasteiger partial charge is 0.493 e. The van der Waals surface area contributed by atoms with Gasteiger partial charge in [-0.05, 0) is 83.7 Å². The molecule has 0 bridgehead atoms. The Morgan fingerprint density at radius 2 is 1.81 bits per heavy atom. The fourth-order valence-corrected chi connectivity index (χ4v) is 7.04. The van der Waals surface area contributed by atoms with Crippen LogP contribution in [0.3, 0.4) is 0 Å². The Kier molecular flexibility index (Phi) is 12.1. The first-order chi connectivity index (χ1) is 25.0. The molecule has 0 saturated heterocycles. The van der Waals surface area contributed by atoms with E-state index in [0.717, 1.165) is 11.3 Å². The minimum absolute atomic E-state index is 0.0418. The number of carbonyl (C=O) groups excluding carboxylic acids is 2. The zero-order valence-electron chi connectivity index (χ0n) is 28.8. The highest BCUT2D eigenvalue weighted by Crippen LogP contribution is 2.38. The normalized spacial score (nSPS) is 13.9. The SMILES string of the molecule is CCOC(=O)C1=C(C)N=c2s/c(=C\c3cc(Br)c(OCc4cccc([N+](=O)[O-])c4)c(OC)c3)c(=O)n2[C@H]1c1ccc(OCC(=O)OC)c(OCC)c1. The zero-order valence-corrected chi connectivity index (χ0v) is 31.2.